The maximum absolute atomic E-state index is 12.7. The number of nitrogen functional groups attached to an aromatic ring is 2. The molecule has 2 atom stereocenters. The molecule has 1 heterocycles. The molecule has 1 saturated heterocycles. The minimum Gasteiger partial charge on any atom is -0.399 e. The van der Waals surface area contributed by atoms with Crippen LogP contribution in [-0.4, -0.2) is 48.1 Å². The van der Waals surface area contributed by atoms with Crippen LogP contribution < -0.4 is 21.7 Å². The van der Waals surface area contributed by atoms with E-state index in [0.717, 1.165) is 0 Å². The van der Waals surface area contributed by atoms with Gasteiger partial charge in [0.2, 0.25) is 0 Å². The average Bonchev–Trinajstić information content (AvgIpc) is 2.68. The Bertz CT molecular complexity index is 910. The fraction of sp³-hybridized carbons (Fsp3) is 0.211. The number of hydrogen-bond acceptors (Lipinski definition) is 6. The summed E-state index contributed by atoms with van der Waals surface area (Å²) in [6.45, 7) is 0.461. The zero-order chi connectivity index (χ0) is 20.3. The van der Waals surface area contributed by atoms with Crippen LogP contribution in [0.2, 0.25) is 0 Å². The Balaban J connectivity index is 0.00000225. The highest BCUT2D eigenvalue weighted by Gasteiger charge is 2.39. The van der Waals surface area contributed by atoms with Gasteiger partial charge in [-0.15, -0.1) is 24.8 Å². The molecule has 9 nitrogen and oxygen atoms in total. The number of nitrogens with two attached hydrogens (primary N) is 2. The Morgan fingerprint density at radius 3 is 2.50 bits per heavy atom. The monoisotopic (exact) mass is 455 g/mol. The molecule has 30 heavy (non-hydrogen) atoms. The highest BCUT2D eigenvalue weighted by atomic mass is 35.5. The summed E-state index contributed by atoms with van der Waals surface area (Å²) in [5.74, 6) is -1.39. The Hall–Kier alpha value is -2.85. The Kier molecular flexibility index (Phi) is 9.06. The third-order valence-corrected chi connectivity index (χ3v) is 4.32. The maximum Gasteiger partial charge on any atom is 0.259 e. The minimum absolute atomic E-state index is 0. The first kappa shape index (κ1) is 25.2. The van der Waals surface area contributed by atoms with E-state index in [1.807, 2.05) is 0 Å². The number of carbonyl (C=O) groups excluding carboxylic acids is 2. The van der Waals surface area contributed by atoms with Gasteiger partial charge in [0.05, 0.1) is 6.61 Å². The van der Waals surface area contributed by atoms with E-state index >= 15 is 0 Å². The number of aliphatic hydroxyl groups is 1. The SMILES string of the molecule is Cl.Cl.N=C(N)c1ccc(NC(=O)[C@H](O)[C@H]2OCCN(c3cccc(N)c3)C2=O)cc1. The average molecular weight is 456 g/mol. The van der Waals surface area contributed by atoms with Crippen molar-refractivity contribution in [1.82, 2.24) is 0 Å². The number of carbonyl (C=O) groups is 2. The summed E-state index contributed by atoms with van der Waals surface area (Å²) in [4.78, 5) is 26.5. The Morgan fingerprint density at radius 2 is 1.90 bits per heavy atom. The number of aliphatic hydroxyl groups excluding tert-OH is 1. The highest BCUT2D eigenvalue weighted by Crippen LogP contribution is 2.22. The topological polar surface area (TPSA) is 155 Å². The number of morpholine rings is 1. The van der Waals surface area contributed by atoms with Gasteiger partial charge in [-0.2, -0.15) is 0 Å². The van der Waals surface area contributed by atoms with Crippen molar-refractivity contribution >= 4 is 59.5 Å². The van der Waals surface area contributed by atoms with Crippen molar-refractivity contribution in [3.8, 4) is 0 Å². The lowest BCUT2D eigenvalue weighted by Crippen LogP contribution is -2.55. The molecule has 7 N–H and O–H groups in total. The first-order chi connectivity index (χ1) is 13.4. The van der Waals surface area contributed by atoms with E-state index in [1.165, 1.54) is 4.90 Å². The van der Waals surface area contributed by atoms with Crippen molar-refractivity contribution in [1.29, 1.82) is 5.41 Å². The molecule has 1 fully saturated rings. The summed E-state index contributed by atoms with van der Waals surface area (Å²) in [5.41, 5.74) is 13.1. The second kappa shape index (κ2) is 10.8. The van der Waals surface area contributed by atoms with Gasteiger partial charge < -0.3 is 31.5 Å². The Morgan fingerprint density at radius 1 is 1.23 bits per heavy atom. The van der Waals surface area contributed by atoms with Gasteiger partial charge >= 0.3 is 0 Å². The van der Waals surface area contributed by atoms with Gasteiger partial charge in [-0.25, -0.2) is 0 Å². The van der Waals surface area contributed by atoms with Crippen LogP contribution in [0, 0.1) is 5.41 Å². The molecule has 2 amide bonds. The van der Waals surface area contributed by atoms with Gasteiger partial charge in [0.1, 0.15) is 5.84 Å². The lowest BCUT2D eigenvalue weighted by atomic mass is 10.1. The molecule has 2 aromatic rings. The zero-order valence-corrected chi connectivity index (χ0v) is 17.4. The van der Waals surface area contributed by atoms with Gasteiger partial charge in [0.25, 0.3) is 11.8 Å². The van der Waals surface area contributed by atoms with Crippen molar-refractivity contribution < 1.29 is 19.4 Å². The molecule has 0 spiro atoms. The summed E-state index contributed by atoms with van der Waals surface area (Å²) >= 11 is 0. The van der Waals surface area contributed by atoms with Crippen LogP contribution in [0.15, 0.2) is 48.5 Å². The summed E-state index contributed by atoms with van der Waals surface area (Å²) in [7, 11) is 0. The summed E-state index contributed by atoms with van der Waals surface area (Å²) in [6, 6.07) is 13.0. The van der Waals surface area contributed by atoms with E-state index in [4.69, 9.17) is 21.6 Å². The van der Waals surface area contributed by atoms with Crippen LogP contribution in [0.1, 0.15) is 5.56 Å². The number of hydrogen-bond donors (Lipinski definition) is 5. The number of anilines is 3. The summed E-state index contributed by atoms with van der Waals surface area (Å²) < 4.78 is 5.37. The molecule has 0 radical (unpaired) electrons. The Labute approximate surface area is 185 Å². The van der Waals surface area contributed by atoms with E-state index in [9.17, 15) is 14.7 Å². The predicted octanol–water partition coefficient (Wildman–Crippen LogP) is 1.13. The van der Waals surface area contributed by atoms with Crippen molar-refractivity contribution in [2.45, 2.75) is 12.2 Å². The van der Waals surface area contributed by atoms with Crippen LogP contribution in [0.5, 0.6) is 0 Å². The normalized spacial score (nSPS) is 16.6. The lowest BCUT2D eigenvalue weighted by molar-refractivity contribution is -0.150. The fourth-order valence-corrected chi connectivity index (χ4v) is 2.87. The van der Waals surface area contributed by atoms with E-state index in [0.29, 0.717) is 29.2 Å². The smallest absolute Gasteiger partial charge is 0.259 e. The fourth-order valence-electron chi connectivity index (χ4n) is 2.87. The number of ether oxygens (including phenoxy) is 1. The predicted molar refractivity (Wildman–Crippen MR) is 120 cm³/mol. The van der Waals surface area contributed by atoms with E-state index in [1.54, 1.807) is 48.5 Å². The quantitative estimate of drug-likeness (QED) is 0.258. The number of nitrogens with one attached hydrogen (secondary N) is 2. The molecule has 2 aromatic carbocycles. The van der Waals surface area contributed by atoms with Gasteiger partial charge in [-0.3, -0.25) is 15.0 Å². The van der Waals surface area contributed by atoms with E-state index in [2.05, 4.69) is 5.32 Å². The number of amides is 2. The standard InChI is InChI=1S/C19H21N5O4.2ClH/c20-12-2-1-3-14(10-12)24-8-9-28-16(19(24)27)15(25)18(26)23-13-6-4-11(5-7-13)17(21)22;;/h1-7,10,15-16,25H,8-9,20H2,(H3,21,22)(H,23,26);2*1H/t15-,16-;;/m1../s1. The molecule has 162 valence electrons. The largest absolute Gasteiger partial charge is 0.399 e. The molecule has 11 heteroatoms. The lowest BCUT2D eigenvalue weighted by Gasteiger charge is -2.34. The van der Waals surface area contributed by atoms with Crippen molar-refractivity contribution in [3.05, 3.63) is 54.1 Å². The van der Waals surface area contributed by atoms with Gasteiger partial charge in [0.15, 0.2) is 12.2 Å². The van der Waals surface area contributed by atoms with Crippen LogP contribution in [0.3, 0.4) is 0 Å². The van der Waals surface area contributed by atoms with Gasteiger partial charge in [0, 0.05) is 29.2 Å². The first-order valence-corrected chi connectivity index (χ1v) is 8.59. The van der Waals surface area contributed by atoms with E-state index < -0.39 is 24.0 Å². The number of halogens is 2. The van der Waals surface area contributed by atoms with Crippen molar-refractivity contribution in [2.75, 3.05) is 29.1 Å². The van der Waals surface area contributed by atoms with Crippen LogP contribution in [-0.2, 0) is 14.3 Å². The first-order valence-electron chi connectivity index (χ1n) is 8.59. The van der Waals surface area contributed by atoms with E-state index in [-0.39, 0.29) is 37.3 Å². The molecular weight excluding hydrogens is 433 g/mol. The molecule has 0 unspecified atom stereocenters. The van der Waals surface area contributed by atoms with Crippen molar-refractivity contribution in [3.63, 3.8) is 0 Å². The third kappa shape index (κ3) is 5.61. The minimum atomic E-state index is -1.69. The molecule has 0 saturated carbocycles. The number of amidine groups is 1. The third-order valence-electron chi connectivity index (χ3n) is 4.32. The molecule has 0 bridgehead atoms. The highest BCUT2D eigenvalue weighted by molar-refractivity contribution is 6.04. The molecule has 1 aliphatic heterocycles. The van der Waals surface area contributed by atoms with Gasteiger partial charge in [-0.05, 0) is 42.5 Å². The second-order valence-electron chi connectivity index (χ2n) is 6.30. The number of rotatable bonds is 5. The summed E-state index contributed by atoms with van der Waals surface area (Å²) in [6.07, 6.45) is -3.02. The molecule has 1 aliphatic rings. The van der Waals surface area contributed by atoms with Crippen LogP contribution in [0.25, 0.3) is 0 Å². The second-order valence-corrected chi connectivity index (χ2v) is 6.30. The van der Waals surface area contributed by atoms with Gasteiger partial charge in [-0.1, -0.05) is 6.07 Å². The van der Waals surface area contributed by atoms with Crippen molar-refractivity contribution in [2.24, 2.45) is 5.73 Å². The molecular formula is C19H23Cl2N5O4. The number of nitrogens with zero attached hydrogens (tertiary/aromatic N) is 1. The number of benzene rings is 2. The van der Waals surface area contributed by atoms with Crippen LogP contribution in [0.4, 0.5) is 17.1 Å². The maximum atomic E-state index is 12.7. The molecule has 3 rings (SSSR count). The molecule has 0 aliphatic carbocycles. The molecule has 0 aromatic heterocycles. The van der Waals surface area contributed by atoms with Crippen LogP contribution >= 0.6 is 24.8 Å². The summed E-state index contributed by atoms with van der Waals surface area (Å²) in [5, 5.41) is 20.3. The zero-order valence-electron chi connectivity index (χ0n) is 15.8.